The molecule has 1 aliphatic rings. The van der Waals surface area contributed by atoms with E-state index in [0.29, 0.717) is 6.04 Å². The first-order valence-electron chi connectivity index (χ1n) is 11.1. The molecule has 0 amide bonds. The molecule has 3 aromatic rings. The molecule has 1 aromatic heterocycles. The van der Waals surface area contributed by atoms with Crippen molar-refractivity contribution >= 4 is 27.4 Å². The molecule has 1 heterocycles. The molecule has 0 saturated heterocycles. The Morgan fingerprint density at radius 2 is 1.41 bits per heavy atom. The maximum atomic E-state index is 5.32. The third kappa shape index (κ3) is 5.94. The Kier molecular flexibility index (Phi) is 7.53. The van der Waals surface area contributed by atoms with Gasteiger partial charge in [0.05, 0.1) is 14.2 Å². The van der Waals surface area contributed by atoms with Crippen LogP contribution in [0.15, 0.2) is 65.3 Å². The highest BCUT2D eigenvalue weighted by Crippen LogP contribution is 2.29. The molecule has 168 valence electrons. The van der Waals surface area contributed by atoms with Crippen LogP contribution in [0.3, 0.4) is 0 Å². The SMILES string of the molecule is COc1ccc(CN(Cc2ccc(OC)cc2)c2cc(Br)nc(NC3CCCC3)c2)cc1. The Labute approximate surface area is 198 Å². The van der Waals surface area contributed by atoms with E-state index < -0.39 is 0 Å². The number of aromatic nitrogens is 1. The summed E-state index contributed by atoms with van der Waals surface area (Å²) in [5, 5.41) is 3.63. The zero-order valence-corrected chi connectivity index (χ0v) is 20.3. The van der Waals surface area contributed by atoms with Crippen molar-refractivity contribution in [3.05, 3.63) is 76.4 Å². The highest BCUT2D eigenvalue weighted by atomic mass is 79.9. The number of rotatable bonds is 9. The molecule has 0 bridgehead atoms. The normalized spacial score (nSPS) is 13.7. The number of nitrogens with one attached hydrogen (secondary N) is 1. The van der Waals surface area contributed by atoms with E-state index in [9.17, 15) is 0 Å². The van der Waals surface area contributed by atoms with Crippen LogP contribution in [-0.2, 0) is 13.1 Å². The van der Waals surface area contributed by atoms with E-state index in [-0.39, 0.29) is 0 Å². The number of halogens is 1. The Morgan fingerprint density at radius 1 is 0.875 bits per heavy atom. The van der Waals surface area contributed by atoms with Crippen LogP contribution >= 0.6 is 15.9 Å². The third-order valence-electron chi connectivity index (χ3n) is 5.92. The van der Waals surface area contributed by atoms with Crippen molar-refractivity contribution in [3.8, 4) is 11.5 Å². The van der Waals surface area contributed by atoms with Gasteiger partial charge in [-0.25, -0.2) is 4.98 Å². The topological polar surface area (TPSA) is 46.6 Å². The number of hydrogen-bond acceptors (Lipinski definition) is 5. The molecule has 2 aromatic carbocycles. The number of benzene rings is 2. The summed E-state index contributed by atoms with van der Waals surface area (Å²) < 4.78 is 11.5. The van der Waals surface area contributed by atoms with Crippen molar-refractivity contribution < 1.29 is 9.47 Å². The fourth-order valence-corrected chi connectivity index (χ4v) is 4.59. The number of nitrogens with zero attached hydrogens (tertiary/aromatic N) is 2. The monoisotopic (exact) mass is 495 g/mol. The Bertz CT molecular complexity index is 953. The molecular formula is C26H30BrN3O2. The molecule has 1 N–H and O–H groups in total. The van der Waals surface area contributed by atoms with Gasteiger partial charge in [-0.05, 0) is 70.2 Å². The van der Waals surface area contributed by atoms with Gasteiger partial charge in [0.2, 0.25) is 0 Å². The van der Waals surface area contributed by atoms with Gasteiger partial charge in [0, 0.05) is 30.9 Å². The van der Waals surface area contributed by atoms with E-state index in [1.165, 1.54) is 36.8 Å². The van der Waals surface area contributed by atoms with Crippen molar-refractivity contribution in [3.63, 3.8) is 0 Å². The molecule has 0 radical (unpaired) electrons. The number of ether oxygens (including phenoxy) is 2. The predicted molar refractivity (Wildman–Crippen MR) is 134 cm³/mol. The summed E-state index contributed by atoms with van der Waals surface area (Å²) in [5.41, 5.74) is 3.56. The zero-order valence-electron chi connectivity index (χ0n) is 18.7. The second-order valence-corrected chi connectivity index (χ2v) is 9.02. The van der Waals surface area contributed by atoms with Gasteiger partial charge < -0.3 is 19.7 Å². The van der Waals surface area contributed by atoms with Gasteiger partial charge in [-0.1, -0.05) is 37.1 Å². The molecule has 0 aliphatic heterocycles. The summed E-state index contributed by atoms with van der Waals surface area (Å²) in [6.07, 6.45) is 5.01. The van der Waals surface area contributed by atoms with E-state index in [0.717, 1.165) is 40.7 Å². The van der Waals surface area contributed by atoms with E-state index in [2.05, 4.69) is 67.5 Å². The maximum Gasteiger partial charge on any atom is 0.129 e. The molecule has 0 spiro atoms. The quantitative estimate of drug-likeness (QED) is 0.347. The molecule has 4 rings (SSSR count). The fraction of sp³-hybridized carbons (Fsp3) is 0.346. The maximum absolute atomic E-state index is 5.32. The standard InChI is InChI=1S/C26H30BrN3O2/c1-31-23-11-7-19(8-12-23)17-30(18-20-9-13-24(32-2)14-10-20)22-15-25(27)29-26(16-22)28-21-5-3-4-6-21/h7-16,21H,3-6,17-18H2,1-2H3,(H,28,29). The minimum atomic E-state index is 0.515. The van der Waals surface area contributed by atoms with Gasteiger partial charge in [0.1, 0.15) is 21.9 Å². The van der Waals surface area contributed by atoms with Gasteiger partial charge >= 0.3 is 0 Å². The van der Waals surface area contributed by atoms with Crippen molar-refractivity contribution in [1.82, 2.24) is 4.98 Å². The minimum Gasteiger partial charge on any atom is -0.497 e. The van der Waals surface area contributed by atoms with Crippen LogP contribution in [0.5, 0.6) is 11.5 Å². The fourth-order valence-electron chi connectivity index (χ4n) is 4.16. The highest BCUT2D eigenvalue weighted by molar-refractivity contribution is 9.10. The van der Waals surface area contributed by atoms with E-state index in [1.807, 2.05) is 24.3 Å². The Morgan fingerprint density at radius 3 is 1.91 bits per heavy atom. The lowest BCUT2D eigenvalue weighted by atomic mass is 10.1. The summed E-state index contributed by atoms with van der Waals surface area (Å²) in [4.78, 5) is 7.06. The van der Waals surface area contributed by atoms with Crippen molar-refractivity contribution in [2.24, 2.45) is 0 Å². The Hall–Kier alpha value is -2.73. The number of methoxy groups -OCH3 is 2. The first kappa shape index (κ1) is 22.5. The number of anilines is 2. The molecule has 1 saturated carbocycles. The highest BCUT2D eigenvalue weighted by Gasteiger charge is 2.17. The molecule has 0 atom stereocenters. The molecule has 0 unspecified atom stereocenters. The first-order chi connectivity index (χ1) is 15.6. The van der Waals surface area contributed by atoms with Gasteiger partial charge in [-0.3, -0.25) is 0 Å². The summed E-state index contributed by atoms with van der Waals surface area (Å²) in [6.45, 7) is 1.55. The average Bonchev–Trinajstić information content (AvgIpc) is 3.32. The van der Waals surface area contributed by atoms with Crippen LogP contribution in [0.2, 0.25) is 0 Å². The van der Waals surface area contributed by atoms with Gasteiger partial charge in [0.15, 0.2) is 0 Å². The summed E-state index contributed by atoms with van der Waals surface area (Å²) >= 11 is 3.63. The minimum absolute atomic E-state index is 0.515. The van der Waals surface area contributed by atoms with Crippen LogP contribution < -0.4 is 19.7 Å². The van der Waals surface area contributed by atoms with Crippen LogP contribution in [-0.4, -0.2) is 25.2 Å². The van der Waals surface area contributed by atoms with Crippen molar-refractivity contribution in [2.45, 2.75) is 44.8 Å². The average molecular weight is 496 g/mol. The van der Waals surface area contributed by atoms with Crippen LogP contribution in [0.1, 0.15) is 36.8 Å². The van der Waals surface area contributed by atoms with Gasteiger partial charge in [0.25, 0.3) is 0 Å². The van der Waals surface area contributed by atoms with Crippen molar-refractivity contribution in [2.75, 3.05) is 24.4 Å². The van der Waals surface area contributed by atoms with Crippen LogP contribution in [0.4, 0.5) is 11.5 Å². The van der Waals surface area contributed by atoms with Gasteiger partial charge in [-0.15, -0.1) is 0 Å². The lowest BCUT2D eigenvalue weighted by Crippen LogP contribution is -2.23. The molecular weight excluding hydrogens is 466 g/mol. The molecule has 6 heteroatoms. The lowest BCUT2D eigenvalue weighted by Gasteiger charge is -2.26. The second-order valence-electron chi connectivity index (χ2n) is 8.21. The molecule has 1 aliphatic carbocycles. The summed E-state index contributed by atoms with van der Waals surface area (Å²) in [7, 11) is 3.39. The molecule has 32 heavy (non-hydrogen) atoms. The molecule has 1 fully saturated rings. The lowest BCUT2D eigenvalue weighted by molar-refractivity contribution is 0.414. The third-order valence-corrected chi connectivity index (χ3v) is 6.32. The van der Waals surface area contributed by atoms with Gasteiger partial charge in [-0.2, -0.15) is 0 Å². The van der Waals surface area contributed by atoms with Crippen molar-refractivity contribution in [1.29, 1.82) is 0 Å². The smallest absolute Gasteiger partial charge is 0.129 e. The van der Waals surface area contributed by atoms with E-state index in [1.54, 1.807) is 14.2 Å². The number of hydrogen-bond donors (Lipinski definition) is 1. The zero-order chi connectivity index (χ0) is 22.3. The van der Waals surface area contributed by atoms with Crippen LogP contribution in [0, 0.1) is 0 Å². The van der Waals surface area contributed by atoms with E-state index in [4.69, 9.17) is 9.47 Å². The summed E-state index contributed by atoms with van der Waals surface area (Å²) in [5.74, 6) is 2.66. The van der Waals surface area contributed by atoms with Crippen LogP contribution in [0.25, 0.3) is 0 Å². The first-order valence-corrected chi connectivity index (χ1v) is 11.9. The van der Waals surface area contributed by atoms with E-state index >= 15 is 0 Å². The predicted octanol–water partition coefficient (Wildman–Crippen LogP) is 6.42. The number of pyridine rings is 1. The summed E-state index contributed by atoms with van der Waals surface area (Å²) in [6, 6.07) is 21.3. The largest absolute Gasteiger partial charge is 0.497 e. The molecule has 5 nitrogen and oxygen atoms in total. The Balaban J connectivity index is 1.61. The second kappa shape index (κ2) is 10.7.